The normalized spacial score (nSPS) is 11.7. The molecule has 0 spiro atoms. The van der Waals surface area contributed by atoms with Gasteiger partial charge in [-0.05, 0) is 67.1 Å². The lowest BCUT2D eigenvalue weighted by atomic mass is 10.1. The number of amides is 1. The first-order chi connectivity index (χ1) is 15.7. The Labute approximate surface area is 202 Å². The molecule has 0 aromatic heterocycles. The van der Waals surface area contributed by atoms with E-state index in [1.165, 1.54) is 30.3 Å². The van der Waals surface area contributed by atoms with Gasteiger partial charge in [-0.3, -0.25) is 9.10 Å². The molecule has 0 unspecified atom stereocenters. The molecule has 0 heterocycles. The molecule has 3 aromatic carbocycles. The predicted octanol–water partition coefficient (Wildman–Crippen LogP) is 4.74. The summed E-state index contributed by atoms with van der Waals surface area (Å²) in [5, 5.41) is 4.56. The third-order valence-electron chi connectivity index (χ3n) is 4.61. The maximum atomic E-state index is 13.3. The number of anilines is 1. The van der Waals surface area contributed by atoms with E-state index in [0.717, 1.165) is 9.87 Å². The van der Waals surface area contributed by atoms with Crippen LogP contribution in [0.3, 0.4) is 0 Å². The second kappa shape index (κ2) is 10.7. The number of nitrogens with zero attached hydrogens (tertiary/aromatic N) is 2. The number of rotatable bonds is 8. The molecule has 0 fully saturated rings. The Morgan fingerprint density at radius 1 is 1.00 bits per heavy atom. The number of halogens is 2. The average molecular weight is 506 g/mol. The van der Waals surface area contributed by atoms with Crippen LogP contribution in [0, 0.1) is 0 Å². The Balaban J connectivity index is 1.87. The van der Waals surface area contributed by atoms with Gasteiger partial charge in [0.05, 0.1) is 23.4 Å². The second-order valence-corrected chi connectivity index (χ2v) is 9.65. The number of methoxy groups -OCH3 is 1. The first-order valence-electron chi connectivity index (χ1n) is 9.72. The molecule has 7 nitrogen and oxygen atoms in total. The van der Waals surface area contributed by atoms with Crippen LogP contribution in [0.2, 0.25) is 10.0 Å². The molecule has 0 saturated heterocycles. The third kappa shape index (κ3) is 6.25. The zero-order valence-corrected chi connectivity index (χ0v) is 20.2. The zero-order valence-electron chi connectivity index (χ0n) is 17.8. The van der Waals surface area contributed by atoms with Gasteiger partial charge < -0.3 is 4.74 Å². The number of nitrogens with one attached hydrogen (secondary N) is 1. The lowest BCUT2D eigenvalue weighted by Crippen LogP contribution is -2.39. The van der Waals surface area contributed by atoms with E-state index in [2.05, 4.69) is 10.5 Å². The summed E-state index contributed by atoms with van der Waals surface area (Å²) in [6.45, 7) is 1.19. The van der Waals surface area contributed by atoms with Crippen molar-refractivity contribution in [1.82, 2.24) is 5.43 Å². The molecule has 3 rings (SSSR count). The average Bonchev–Trinajstić information content (AvgIpc) is 2.80. The number of carbonyl (C=O) groups excluding carboxylic acids is 1. The molecule has 0 aliphatic rings. The van der Waals surface area contributed by atoms with E-state index >= 15 is 0 Å². The van der Waals surface area contributed by atoms with Gasteiger partial charge in [0.15, 0.2) is 0 Å². The minimum Gasteiger partial charge on any atom is -0.497 e. The minimum absolute atomic E-state index is 0.0202. The van der Waals surface area contributed by atoms with E-state index in [-0.39, 0.29) is 20.6 Å². The van der Waals surface area contributed by atoms with Crippen molar-refractivity contribution < 1.29 is 17.9 Å². The monoisotopic (exact) mass is 505 g/mol. The Bertz CT molecular complexity index is 1240. The molecule has 0 aliphatic carbocycles. The van der Waals surface area contributed by atoms with Crippen LogP contribution >= 0.6 is 23.2 Å². The van der Waals surface area contributed by atoms with E-state index in [1.54, 1.807) is 56.5 Å². The van der Waals surface area contributed by atoms with Gasteiger partial charge in [-0.2, -0.15) is 5.10 Å². The fraction of sp³-hybridized carbons (Fsp3) is 0.130. The number of hydrogen-bond acceptors (Lipinski definition) is 5. The van der Waals surface area contributed by atoms with Crippen LogP contribution < -0.4 is 14.5 Å². The molecule has 0 atom stereocenters. The maximum absolute atomic E-state index is 13.3. The molecule has 0 radical (unpaired) electrons. The fourth-order valence-corrected chi connectivity index (χ4v) is 4.87. The summed E-state index contributed by atoms with van der Waals surface area (Å²) in [5.74, 6) is 0.0518. The lowest BCUT2D eigenvalue weighted by Gasteiger charge is -2.24. The van der Waals surface area contributed by atoms with Gasteiger partial charge in [0.2, 0.25) is 0 Å². The van der Waals surface area contributed by atoms with Crippen molar-refractivity contribution >= 4 is 50.5 Å². The number of benzene rings is 3. The van der Waals surface area contributed by atoms with Crippen molar-refractivity contribution in [3.05, 3.63) is 88.4 Å². The second-order valence-electron chi connectivity index (χ2n) is 6.91. The van der Waals surface area contributed by atoms with E-state index in [4.69, 9.17) is 27.9 Å². The largest absolute Gasteiger partial charge is 0.497 e. The van der Waals surface area contributed by atoms with Gasteiger partial charge in [-0.25, -0.2) is 13.8 Å². The van der Waals surface area contributed by atoms with Crippen LogP contribution in [0.4, 0.5) is 5.69 Å². The molecule has 3 aromatic rings. The Kier molecular flexibility index (Phi) is 7.97. The van der Waals surface area contributed by atoms with E-state index < -0.39 is 22.5 Å². The van der Waals surface area contributed by atoms with Crippen LogP contribution in [-0.2, 0) is 14.8 Å². The molecule has 172 valence electrons. The molecular weight excluding hydrogens is 485 g/mol. The van der Waals surface area contributed by atoms with Gasteiger partial charge in [-0.1, -0.05) is 41.4 Å². The molecule has 33 heavy (non-hydrogen) atoms. The lowest BCUT2D eigenvalue weighted by molar-refractivity contribution is -0.119. The van der Waals surface area contributed by atoms with E-state index in [0.29, 0.717) is 11.5 Å². The van der Waals surface area contributed by atoms with Crippen LogP contribution in [0.1, 0.15) is 12.5 Å². The van der Waals surface area contributed by atoms with Crippen LogP contribution in [-0.4, -0.2) is 33.7 Å². The smallest absolute Gasteiger partial charge is 0.264 e. The predicted molar refractivity (Wildman–Crippen MR) is 131 cm³/mol. The maximum Gasteiger partial charge on any atom is 0.264 e. The zero-order chi connectivity index (χ0) is 24.0. The van der Waals surface area contributed by atoms with Gasteiger partial charge >= 0.3 is 0 Å². The quantitative estimate of drug-likeness (QED) is 0.353. The van der Waals surface area contributed by atoms with Crippen LogP contribution in [0.25, 0.3) is 0 Å². The number of hydrogen-bond donors (Lipinski definition) is 1. The third-order valence-corrected chi connectivity index (χ3v) is 6.83. The van der Waals surface area contributed by atoms with Crippen molar-refractivity contribution in [1.29, 1.82) is 0 Å². The summed E-state index contributed by atoms with van der Waals surface area (Å²) < 4.78 is 32.7. The summed E-state index contributed by atoms with van der Waals surface area (Å²) in [4.78, 5) is 12.7. The highest BCUT2D eigenvalue weighted by molar-refractivity contribution is 7.92. The minimum atomic E-state index is -4.09. The number of hydrazone groups is 1. The Hall–Kier alpha value is -3.07. The number of ether oxygens (including phenoxy) is 1. The molecular formula is C23H21Cl2N3O4S. The SMILES string of the molecule is COc1ccc(/C(C)=N\NC(=O)CN(c2cc(Cl)cc(Cl)c2)S(=O)(=O)c2ccccc2)cc1. The Morgan fingerprint density at radius 2 is 1.61 bits per heavy atom. The van der Waals surface area contributed by atoms with Gasteiger partial charge in [0.25, 0.3) is 15.9 Å². The topological polar surface area (TPSA) is 88.1 Å². The van der Waals surface area contributed by atoms with Crippen molar-refractivity contribution in [3.63, 3.8) is 0 Å². The summed E-state index contributed by atoms with van der Waals surface area (Å²) in [7, 11) is -2.52. The highest BCUT2D eigenvalue weighted by Crippen LogP contribution is 2.29. The summed E-state index contributed by atoms with van der Waals surface area (Å²) in [6, 6.07) is 19.2. The Morgan fingerprint density at radius 3 is 2.18 bits per heavy atom. The van der Waals surface area contributed by atoms with E-state index in [1.807, 2.05) is 0 Å². The summed E-state index contributed by atoms with van der Waals surface area (Å²) >= 11 is 12.2. The van der Waals surface area contributed by atoms with Crippen LogP contribution in [0.15, 0.2) is 82.8 Å². The molecule has 10 heteroatoms. The first kappa shape index (κ1) is 24.6. The highest BCUT2D eigenvalue weighted by Gasteiger charge is 2.27. The number of sulfonamides is 1. The van der Waals surface area contributed by atoms with Crippen LogP contribution in [0.5, 0.6) is 5.75 Å². The molecule has 0 bridgehead atoms. The first-order valence-corrected chi connectivity index (χ1v) is 11.9. The van der Waals surface area contributed by atoms with Gasteiger partial charge in [0.1, 0.15) is 12.3 Å². The number of carbonyl (C=O) groups is 1. The molecule has 1 N–H and O–H groups in total. The standard InChI is InChI=1S/C23H21Cl2N3O4S/c1-16(17-8-10-21(32-2)11-9-17)26-27-23(29)15-28(20-13-18(24)12-19(25)14-20)33(30,31)22-6-4-3-5-7-22/h3-14H,15H2,1-2H3,(H,27,29)/b26-16-. The van der Waals surface area contributed by atoms with Crippen molar-refractivity contribution in [3.8, 4) is 5.75 Å². The van der Waals surface area contributed by atoms with Gasteiger partial charge in [0, 0.05) is 10.0 Å². The van der Waals surface area contributed by atoms with Crippen molar-refractivity contribution in [2.75, 3.05) is 18.0 Å². The molecule has 0 aliphatic heterocycles. The molecule has 1 amide bonds. The van der Waals surface area contributed by atoms with Gasteiger partial charge in [-0.15, -0.1) is 0 Å². The van der Waals surface area contributed by atoms with E-state index in [9.17, 15) is 13.2 Å². The summed E-state index contributed by atoms with van der Waals surface area (Å²) in [6.07, 6.45) is 0. The highest BCUT2D eigenvalue weighted by atomic mass is 35.5. The molecule has 0 saturated carbocycles. The van der Waals surface area contributed by atoms with Crippen molar-refractivity contribution in [2.24, 2.45) is 5.10 Å². The fourth-order valence-electron chi connectivity index (χ4n) is 2.93. The van der Waals surface area contributed by atoms with Crippen molar-refractivity contribution in [2.45, 2.75) is 11.8 Å². The summed E-state index contributed by atoms with van der Waals surface area (Å²) in [5.41, 5.74) is 3.87.